The Balaban J connectivity index is 2.16. The Morgan fingerprint density at radius 2 is 1.15 bits per heavy atom. The first kappa shape index (κ1) is 15.0. The number of nitrogens with zero attached hydrogens (tertiary/aromatic N) is 1. The van der Waals surface area contributed by atoms with Crippen LogP contribution < -0.4 is 0 Å². The fourth-order valence-corrected chi connectivity index (χ4v) is 2.75. The van der Waals surface area contributed by atoms with E-state index in [9.17, 15) is 9.13 Å². The van der Waals surface area contributed by atoms with E-state index < -0.39 is 5.52 Å². The molecule has 0 radical (unpaired) electrons. The summed E-state index contributed by atoms with van der Waals surface area (Å²) in [4.78, 5) is 1.95. The SMILES string of the molecule is O=PC(P=O)N(Cc1ccccc1)Cc1ccccc1. The lowest BCUT2D eigenvalue weighted by molar-refractivity contribution is 0.278. The molecule has 2 rings (SSSR count). The van der Waals surface area contributed by atoms with E-state index in [2.05, 4.69) is 0 Å². The second-order valence-electron chi connectivity index (χ2n) is 4.43. The molecule has 0 unspecified atom stereocenters. The van der Waals surface area contributed by atoms with Gasteiger partial charge < -0.3 is 0 Å². The summed E-state index contributed by atoms with van der Waals surface area (Å²) in [6, 6.07) is 19.8. The van der Waals surface area contributed by atoms with E-state index >= 15 is 0 Å². The van der Waals surface area contributed by atoms with Gasteiger partial charge in [0.15, 0.2) is 22.4 Å². The van der Waals surface area contributed by atoms with Gasteiger partial charge in [0.2, 0.25) is 0 Å². The zero-order chi connectivity index (χ0) is 14.2. The molecule has 0 saturated carbocycles. The Morgan fingerprint density at radius 3 is 1.50 bits per heavy atom. The van der Waals surface area contributed by atoms with Crippen LogP contribution in [-0.2, 0) is 22.2 Å². The lowest BCUT2D eigenvalue weighted by Gasteiger charge is -2.23. The van der Waals surface area contributed by atoms with E-state index in [4.69, 9.17) is 0 Å². The molecule has 0 aliphatic carbocycles. The van der Waals surface area contributed by atoms with Crippen LogP contribution in [0.1, 0.15) is 11.1 Å². The van der Waals surface area contributed by atoms with Crippen LogP contribution in [0, 0.1) is 0 Å². The maximum absolute atomic E-state index is 11.2. The zero-order valence-corrected chi connectivity index (χ0v) is 12.7. The van der Waals surface area contributed by atoms with E-state index in [-0.39, 0.29) is 16.9 Å². The van der Waals surface area contributed by atoms with Crippen LogP contribution in [0.4, 0.5) is 0 Å². The number of hydrogen-bond donors (Lipinski definition) is 0. The topological polar surface area (TPSA) is 37.4 Å². The van der Waals surface area contributed by atoms with Crippen LogP contribution in [-0.4, -0.2) is 10.4 Å². The van der Waals surface area contributed by atoms with Gasteiger partial charge in [-0.1, -0.05) is 60.7 Å². The van der Waals surface area contributed by atoms with Gasteiger partial charge >= 0.3 is 0 Å². The van der Waals surface area contributed by atoms with E-state index in [1.165, 1.54) is 0 Å². The van der Waals surface area contributed by atoms with Gasteiger partial charge in [-0.3, -0.25) is 14.0 Å². The van der Waals surface area contributed by atoms with Gasteiger partial charge in [0, 0.05) is 13.1 Å². The Morgan fingerprint density at radius 1 is 0.750 bits per heavy atom. The molecule has 0 spiro atoms. The lowest BCUT2D eigenvalue weighted by Crippen LogP contribution is -2.26. The van der Waals surface area contributed by atoms with Gasteiger partial charge in [0.05, 0.1) is 0 Å². The van der Waals surface area contributed by atoms with Crippen LogP contribution in [0.2, 0.25) is 0 Å². The normalized spacial score (nSPS) is 12.8. The standard InChI is InChI=1S/C15H15NO2P2/c17-19-15(20-18)16(11-13-7-3-1-4-8-13)12-14-9-5-2-6-10-14/h1-10,15H,11-12H2. The van der Waals surface area contributed by atoms with Crippen molar-refractivity contribution in [3.8, 4) is 0 Å². The van der Waals surface area contributed by atoms with Gasteiger partial charge in [-0.2, -0.15) is 0 Å². The van der Waals surface area contributed by atoms with Crippen molar-refractivity contribution in [3.05, 3.63) is 71.8 Å². The van der Waals surface area contributed by atoms with Gasteiger partial charge in [0.25, 0.3) is 0 Å². The van der Waals surface area contributed by atoms with E-state index in [0.717, 1.165) is 11.1 Å². The summed E-state index contributed by atoms with van der Waals surface area (Å²) in [6.45, 7) is 1.23. The van der Waals surface area contributed by atoms with Crippen molar-refractivity contribution in [3.63, 3.8) is 0 Å². The summed E-state index contributed by atoms with van der Waals surface area (Å²) in [7, 11) is -0.249. The molecular formula is C15H15NO2P2. The summed E-state index contributed by atoms with van der Waals surface area (Å²) < 4.78 is 22.4. The highest BCUT2D eigenvalue weighted by Gasteiger charge is 2.19. The van der Waals surface area contributed by atoms with Crippen LogP contribution >= 0.6 is 16.9 Å². The van der Waals surface area contributed by atoms with E-state index in [1.807, 2.05) is 65.6 Å². The molecule has 0 aromatic heterocycles. The Kier molecular flexibility index (Phi) is 6.01. The molecule has 5 heteroatoms. The van der Waals surface area contributed by atoms with Gasteiger partial charge in [0.1, 0.15) is 0 Å². The van der Waals surface area contributed by atoms with Gasteiger partial charge in [-0.05, 0) is 11.1 Å². The van der Waals surface area contributed by atoms with Gasteiger partial charge in [-0.15, -0.1) is 0 Å². The summed E-state index contributed by atoms with van der Waals surface area (Å²) in [5, 5.41) is 0. The molecule has 0 fully saturated rings. The molecule has 102 valence electrons. The molecular weight excluding hydrogens is 288 g/mol. The van der Waals surface area contributed by atoms with Crippen molar-refractivity contribution in [1.29, 1.82) is 0 Å². The van der Waals surface area contributed by atoms with E-state index in [0.29, 0.717) is 13.1 Å². The molecule has 2 aromatic carbocycles. The van der Waals surface area contributed by atoms with Crippen molar-refractivity contribution < 1.29 is 9.13 Å². The number of rotatable bonds is 7. The molecule has 0 saturated heterocycles. The summed E-state index contributed by atoms with van der Waals surface area (Å²) >= 11 is 0. The summed E-state index contributed by atoms with van der Waals surface area (Å²) in [5.74, 6) is 0. The highest BCUT2D eigenvalue weighted by atomic mass is 31.1. The number of hydrogen-bond acceptors (Lipinski definition) is 3. The molecule has 0 atom stereocenters. The van der Waals surface area contributed by atoms with Crippen molar-refractivity contribution in [1.82, 2.24) is 4.90 Å². The third kappa shape index (κ3) is 4.31. The van der Waals surface area contributed by atoms with Crippen LogP contribution in [0.25, 0.3) is 0 Å². The third-order valence-electron chi connectivity index (χ3n) is 2.97. The second kappa shape index (κ2) is 8.01. The molecule has 0 aliphatic rings. The second-order valence-corrected chi connectivity index (χ2v) is 6.24. The maximum atomic E-state index is 11.2. The molecule has 3 nitrogen and oxygen atoms in total. The monoisotopic (exact) mass is 303 g/mol. The van der Waals surface area contributed by atoms with Crippen molar-refractivity contribution in [2.24, 2.45) is 0 Å². The maximum Gasteiger partial charge on any atom is 0.187 e. The van der Waals surface area contributed by atoms with Gasteiger partial charge in [-0.25, -0.2) is 0 Å². The minimum atomic E-state index is -0.518. The van der Waals surface area contributed by atoms with Crippen molar-refractivity contribution in [2.75, 3.05) is 0 Å². The minimum Gasteiger partial charge on any atom is -0.272 e. The average Bonchev–Trinajstić information content (AvgIpc) is 2.50. The first-order valence-corrected chi connectivity index (χ1v) is 8.06. The first-order chi connectivity index (χ1) is 9.83. The van der Waals surface area contributed by atoms with Crippen molar-refractivity contribution in [2.45, 2.75) is 18.6 Å². The van der Waals surface area contributed by atoms with Crippen LogP contribution in [0.3, 0.4) is 0 Å². The third-order valence-corrected chi connectivity index (χ3v) is 4.57. The largest absolute Gasteiger partial charge is 0.272 e. The molecule has 0 aliphatic heterocycles. The molecule has 0 bridgehead atoms. The van der Waals surface area contributed by atoms with Crippen LogP contribution in [0.5, 0.6) is 0 Å². The first-order valence-electron chi connectivity index (χ1n) is 6.30. The van der Waals surface area contributed by atoms with Crippen LogP contribution in [0.15, 0.2) is 60.7 Å². The lowest BCUT2D eigenvalue weighted by atomic mass is 10.2. The Hall–Kier alpha value is -1.40. The Bertz CT molecular complexity index is 499. The quantitative estimate of drug-likeness (QED) is 0.704. The molecule has 0 heterocycles. The fourth-order valence-electron chi connectivity index (χ4n) is 2.01. The zero-order valence-electron chi connectivity index (χ0n) is 10.9. The number of benzene rings is 2. The Labute approximate surface area is 122 Å². The highest BCUT2D eigenvalue weighted by molar-refractivity contribution is 7.44. The minimum absolute atomic E-state index is 0.124. The summed E-state index contributed by atoms with van der Waals surface area (Å²) in [6.07, 6.45) is 0. The molecule has 0 amide bonds. The predicted octanol–water partition coefficient (Wildman–Crippen LogP) is 4.56. The molecule has 0 N–H and O–H groups in total. The highest BCUT2D eigenvalue weighted by Crippen LogP contribution is 2.27. The smallest absolute Gasteiger partial charge is 0.187 e. The molecule has 2 aromatic rings. The van der Waals surface area contributed by atoms with E-state index in [1.54, 1.807) is 0 Å². The molecule has 20 heavy (non-hydrogen) atoms. The van der Waals surface area contributed by atoms with Crippen molar-refractivity contribution >= 4 is 16.9 Å². The summed E-state index contributed by atoms with van der Waals surface area (Å²) in [5.41, 5.74) is 1.71. The fraction of sp³-hybridized carbons (Fsp3) is 0.200. The average molecular weight is 303 g/mol. The predicted molar refractivity (Wildman–Crippen MR) is 81.1 cm³/mol.